The van der Waals surface area contributed by atoms with E-state index < -0.39 is 5.97 Å². The van der Waals surface area contributed by atoms with Gasteiger partial charge in [-0.1, -0.05) is 18.2 Å². The molecule has 1 aromatic carbocycles. The van der Waals surface area contributed by atoms with E-state index in [0.29, 0.717) is 13.2 Å². The van der Waals surface area contributed by atoms with Crippen LogP contribution in [0.3, 0.4) is 0 Å². The van der Waals surface area contributed by atoms with Crippen molar-refractivity contribution >= 4 is 16.9 Å². The lowest BCUT2D eigenvalue weighted by Gasteiger charge is -2.34. The Hall–Kier alpha value is -1.85. The molecule has 2 heterocycles. The Bertz CT molecular complexity index is 608. The van der Waals surface area contributed by atoms with Crippen molar-refractivity contribution in [3.05, 3.63) is 36.0 Å². The number of carboxylic acid groups (broad SMARTS) is 1. The molecule has 0 aliphatic carbocycles. The maximum Gasteiger partial charge on any atom is 0.305 e. The minimum Gasteiger partial charge on any atom is -0.481 e. The lowest BCUT2D eigenvalue weighted by atomic mass is 10.1. The van der Waals surface area contributed by atoms with Gasteiger partial charge >= 0.3 is 5.97 Å². The predicted molar refractivity (Wildman–Crippen MR) is 75.6 cm³/mol. The summed E-state index contributed by atoms with van der Waals surface area (Å²) in [5.41, 5.74) is 2.32. The van der Waals surface area contributed by atoms with E-state index in [0.717, 1.165) is 18.6 Å². The molecule has 0 saturated carbocycles. The quantitative estimate of drug-likeness (QED) is 0.893. The van der Waals surface area contributed by atoms with Gasteiger partial charge in [-0.2, -0.15) is 0 Å². The van der Waals surface area contributed by atoms with Crippen LogP contribution in [0.25, 0.3) is 10.9 Å². The molecule has 1 aliphatic rings. The number of hydrogen-bond donors (Lipinski definition) is 2. The van der Waals surface area contributed by atoms with Crippen LogP contribution in [0.2, 0.25) is 0 Å². The number of aromatic amines is 1. The molecule has 106 valence electrons. The topological polar surface area (TPSA) is 65.6 Å². The number of benzene rings is 1. The Balaban J connectivity index is 1.79. The molecular formula is C15H18N2O3. The summed E-state index contributed by atoms with van der Waals surface area (Å²) in [6, 6.07) is 8.12. The number of carboxylic acids is 1. The van der Waals surface area contributed by atoms with Gasteiger partial charge in [-0.3, -0.25) is 9.69 Å². The molecule has 1 saturated heterocycles. The second-order valence-corrected chi connectivity index (χ2v) is 5.16. The van der Waals surface area contributed by atoms with Gasteiger partial charge in [0.2, 0.25) is 0 Å². The number of aromatic nitrogens is 1. The molecule has 2 aromatic rings. The fourth-order valence-electron chi connectivity index (χ4n) is 2.77. The van der Waals surface area contributed by atoms with Gasteiger partial charge in [0.25, 0.3) is 0 Å². The Morgan fingerprint density at radius 2 is 2.30 bits per heavy atom. The number of hydrogen-bond acceptors (Lipinski definition) is 3. The average molecular weight is 274 g/mol. The van der Waals surface area contributed by atoms with Crippen LogP contribution in [-0.4, -0.2) is 46.8 Å². The Labute approximate surface area is 117 Å². The monoisotopic (exact) mass is 274 g/mol. The fraction of sp³-hybridized carbons (Fsp3) is 0.400. The Morgan fingerprint density at radius 1 is 1.45 bits per heavy atom. The highest BCUT2D eigenvalue weighted by molar-refractivity contribution is 5.83. The van der Waals surface area contributed by atoms with Crippen molar-refractivity contribution in [2.45, 2.75) is 19.0 Å². The molecule has 3 rings (SSSR count). The summed E-state index contributed by atoms with van der Waals surface area (Å²) in [6.45, 7) is 2.69. The maximum absolute atomic E-state index is 10.9. The van der Waals surface area contributed by atoms with E-state index in [1.54, 1.807) is 0 Å². The number of rotatable bonds is 4. The van der Waals surface area contributed by atoms with Gasteiger partial charge in [0.1, 0.15) is 0 Å². The first-order valence-electron chi connectivity index (χ1n) is 6.82. The van der Waals surface area contributed by atoms with Gasteiger partial charge in [-0.25, -0.2) is 0 Å². The summed E-state index contributed by atoms with van der Waals surface area (Å²) < 4.78 is 5.41. The summed E-state index contributed by atoms with van der Waals surface area (Å²) in [7, 11) is 0. The second kappa shape index (κ2) is 5.64. The molecule has 1 fully saturated rings. The zero-order chi connectivity index (χ0) is 13.9. The van der Waals surface area contributed by atoms with Gasteiger partial charge in [0.15, 0.2) is 0 Å². The summed E-state index contributed by atoms with van der Waals surface area (Å²) in [5.74, 6) is -0.774. The zero-order valence-corrected chi connectivity index (χ0v) is 11.2. The lowest BCUT2D eigenvalue weighted by Crippen LogP contribution is -2.45. The van der Waals surface area contributed by atoms with Crippen molar-refractivity contribution in [2.24, 2.45) is 0 Å². The first-order valence-corrected chi connectivity index (χ1v) is 6.82. The van der Waals surface area contributed by atoms with Gasteiger partial charge in [-0.15, -0.1) is 0 Å². The predicted octanol–water partition coefficient (Wildman–Crippen LogP) is 1.84. The number of carbonyl (C=O) groups is 1. The molecule has 0 bridgehead atoms. The van der Waals surface area contributed by atoms with Crippen molar-refractivity contribution in [2.75, 3.05) is 19.8 Å². The highest BCUT2D eigenvalue weighted by atomic mass is 16.5. The molecule has 1 unspecified atom stereocenters. The van der Waals surface area contributed by atoms with Crippen molar-refractivity contribution in [1.29, 1.82) is 0 Å². The van der Waals surface area contributed by atoms with E-state index >= 15 is 0 Å². The molecule has 1 aromatic heterocycles. The molecule has 2 N–H and O–H groups in total. The molecule has 0 spiro atoms. The first kappa shape index (κ1) is 13.1. The molecule has 5 heteroatoms. The fourth-order valence-corrected chi connectivity index (χ4v) is 2.77. The van der Waals surface area contributed by atoms with Crippen LogP contribution >= 0.6 is 0 Å². The van der Waals surface area contributed by atoms with Crippen molar-refractivity contribution in [1.82, 2.24) is 9.88 Å². The number of aliphatic carboxylic acids is 1. The van der Waals surface area contributed by atoms with Crippen molar-refractivity contribution in [3.8, 4) is 0 Å². The van der Waals surface area contributed by atoms with Crippen molar-refractivity contribution in [3.63, 3.8) is 0 Å². The largest absolute Gasteiger partial charge is 0.481 e. The number of ether oxygens (including phenoxy) is 1. The van der Waals surface area contributed by atoms with Crippen LogP contribution in [0.5, 0.6) is 0 Å². The Morgan fingerprint density at radius 3 is 3.15 bits per heavy atom. The van der Waals surface area contributed by atoms with Crippen LogP contribution in [0.4, 0.5) is 0 Å². The summed E-state index contributed by atoms with van der Waals surface area (Å²) in [5, 5.41) is 10.2. The third-order valence-corrected chi connectivity index (χ3v) is 3.81. The van der Waals surface area contributed by atoms with E-state index in [4.69, 9.17) is 9.84 Å². The molecule has 20 heavy (non-hydrogen) atoms. The van der Waals surface area contributed by atoms with Crippen LogP contribution < -0.4 is 0 Å². The normalized spacial score (nSPS) is 20.3. The smallest absolute Gasteiger partial charge is 0.305 e. The third-order valence-electron chi connectivity index (χ3n) is 3.81. The number of fused-ring (bicyclic) bond motifs is 1. The van der Waals surface area contributed by atoms with Crippen molar-refractivity contribution < 1.29 is 14.6 Å². The Kier molecular flexibility index (Phi) is 3.71. The molecular weight excluding hydrogens is 256 g/mol. The molecule has 1 atom stereocenters. The summed E-state index contributed by atoms with van der Waals surface area (Å²) in [4.78, 5) is 16.4. The summed E-state index contributed by atoms with van der Waals surface area (Å²) >= 11 is 0. The number of H-pyrrole nitrogens is 1. The van der Waals surface area contributed by atoms with Crippen LogP contribution in [-0.2, 0) is 16.1 Å². The lowest BCUT2D eigenvalue weighted by molar-refractivity contribution is -0.140. The van der Waals surface area contributed by atoms with E-state index in [1.807, 2.05) is 24.4 Å². The average Bonchev–Trinajstić information content (AvgIpc) is 2.84. The molecule has 1 aliphatic heterocycles. The van der Waals surface area contributed by atoms with E-state index in [2.05, 4.69) is 16.0 Å². The molecule has 0 radical (unpaired) electrons. The number of para-hydroxylation sites is 1. The number of nitrogens with zero attached hydrogens (tertiary/aromatic N) is 1. The zero-order valence-electron chi connectivity index (χ0n) is 11.2. The number of nitrogens with one attached hydrogen (secondary N) is 1. The standard InChI is InChI=1S/C15H18N2O3/c18-15(19)7-12-10-20-6-5-17(12)9-11-8-16-14-4-2-1-3-13(11)14/h1-4,8,12,16H,5-7,9-10H2,(H,18,19). The molecule has 0 amide bonds. The van der Waals surface area contributed by atoms with Crippen LogP contribution in [0.15, 0.2) is 30.5 Å². The maximum atomic E-state index is 10.9. The SMILES string of the molecule is O=C(O)CC1COCCN1Cc1c[nH]c2ccccc12. The highest BCUT2D eigenvalue weighted by Gasteiger charge is 2.25. The van der Waals surface area contributed by atoms with Gasteiger partial charge in [-0.05, 0) is 11.6 Å². The molecule has 5 nitrogen and oxygen atoms in total. The van der Waals surface area contributed by atoms with Crippen LogP contribution in [0.1, 0.15) is 12.0 Å². The summed E-state index contributed by atoms with van der Waals surface area (Å²) in [6.07, 6.45) is 2.14. The van der Waals surface area contributed by atoms with Gasteiger partial charge in [0, 0.05) is 36.2 Å². The van der Waals surface area contributed by atoms with Gasteiger partial charge < -0.3 is 14.8 Å². The van der Waals surface area contributed by atoms with E-state index in [1.165, 1.54) is 10.9 Å². The van der Waals surface area contributed by atoms with E-state index in [9.17, 15) is 4.79 Å². The first-order chi connectivity index (χ1) is 9.74. The highest BCUT2D eigenvalue weighted by Crippen LogP contribution is 2.22. The third kappa shape index (κ3) is 2.69. The minimum absolute atomic E-state index is 0.0464. The minimum atomic E-state index is -0.774. The van der Waals surface area contributed by atoms with E-state index in [-0.39, 0.29) is 12.5 Å². The second-order valence-electron chi connectivity index (χ2n) is 5.16. The van der Waals surface area contributed by atoms with Crippen LogP contribution in [0, 0.1) is 0 Å². The van der Waals surface area contributed by atoms with Gasteiger partial charge in [0.05, 0.1) is 19.6 Å². The number of morpholine rings is 1.